The number of hydrogen-bond donors (Lipinski definition) is 0. The van der Waals surface area contributed by atoms with Gasteiger partial charge in [-0.15, -0.1) is 11.3 Å². The molecule has 6 heteroatoms. The number of thiophene rings is 1. The van der Waals surface area contributed by atoms with E-state index in [0.717, 1.165) is 4.88 Å². The van der Waals surface area contributed by atoms with Gasteiger partial charge in [0.1, 0.15) is 5.82 Å². The third-order valence-electron chi connectivity index (χ3n) is 2.60. The summed E-state index contributed by atoms with van der Waals surface area (Å²) in [6.07, 6.45) is 0.124. The molecular formula is C14H10BrFO3S. The molecular weight excluding hydrogens is 347 g/mol. The number of ether oxygens (including phenoxy) is 1. The minimum Gasteiger partial charge on any atom is -0.469 e. The number of methoxy groups -OCH3 is 1. The van der Waals surface area contributed by atoms with E-state index in [1.54, 1.807) is 12.1 Å². The van der Waals surface area contributed by atoms with Crippen LogP contribution in [-0.2, 0) is 16.0 Å². The predicted octanol–water partition coefficient (Wildman–Crippen LogP) is 3.60. The molecule has 0 aliphatic rings. The Balaban J connectivity index is 2.25. The van der Waals surface area contributed by atoms with Crippen molar-refractivity contribution in [1.29, 1.82) is 0 Å². The van der Waals surface area contributed by atoms with Crippen molar-refractivity contribution in [3.63, 3.8) is 0 Å². The van der Waals surface area contributed by atoms with Gasteiger partial charge in [-0.05, 0) is 30.3 Å². The lowest BCUT2D eigenvalue weighted by atomic mass is 10.1. The minimum absolute atomic E-state index is 0.124. The van der Waals surface area contributed by atoms with E-state index >= 15 is 0 Å². The second kappa shape index (κ2) is 6.28. The van der Waals surface area contributed by atoms with Gasteiger partial charge in [-0.2, -0.15) is 0 Å². The van der Waals surface area contributed by atoms with Gasteiger partial charge in [-0.3, -0.25) is 9.59 Å². The molecule has 1 aromatic carbocycles. The smallest absolute Gasteiger partial charge is 0.310 e. The monoisotopic (exact) mass is 356 g/mol. The molecule has 0 spiro atoms. The van der Waals surface area contributed by atoms with Crippen molar-refractivity contribution in [3.05, 3.63) is 55.9 Å². The van der Waals surface area contributed by atoms with Gasteiger partial charge in [0.25, 0.3) is 0 Å². The molecule has 2 rings (SSSR count). The molecule has 0 N–H and O–H groups in total. The molecule has 0 radical (unpaired) electrons. The van der Waals surface area contributed by atoms with Gasteiger partial charge in [0.15, 0.2) is 0 Å². The zero-order valence-corrected chi connectivity index (χ0v) is 12.9. The molecule has 0 saturated heterocycles. The standard InChI is InChI=1S/C14H10BrFO3S/c1-19-13(17)7-9-3-5-12(20-9)14(18)10-6-8(16)2-4-11(10)15/h2-6H,7H2,1H3. The third-order valence-corrected chi connectivity index (χ3v) is 4.38. The van der Waals surface area contributed by atoms with E-state index in [9.17, 15) is 14.0 Å². The third kappa shape index (κ3) is 3.32. The van der Waals surface area contributed by atoms with E-state index in [4.69, 9.17) is 0 Å². The fourth-order valence-corrected chi connectivity index (χ4v) is 2.99. The van der Waals surface area contributed by atoms with Crippen LogP contribution in [0.3, 0.4) is 0 Å². The van der Waals surface area contributed by atoms with Crippen molar-refractivity contribution in [3.8, 4) is 0 Å². The molecule has 3 nitrogen and oxygen atoms in total. The molecule has 0 atom stereocenters. The van der Waals surface area contributed by atoms with Crippen LogP contribution in [0.5, 0.6) is 0 Å². The van der Waals surface area contributed by atoms with Crippen LogP contribution in [0, 0.1) is 5.82 Å². The Morgan fingerprint density at radius 1 is 1.30 bits per heavy atom. The maximum Gasteiger partial charge on any atom is 0.310 e. The van der Waals surface area contributed by atoms with E-state index < -0.39 is 5.82 Å². The number of rotatable bonds is 4. The second-order valence-corrected chi connectivity index (χ2v) is 5.99. The normalized spacial score (nSPS) is 10.3. The molecule has 0 aliphatic carbocycles. The Kier molecular flexibility index (Phi) is 4.67. The summed E-state index contributed by atoms with van der Waals surface area (Å²) in [6, 6.07) is 7.28. The Morgan fingerprint density at radius 2 is 2.05 bits per heavy atom. The van der Waals surface area contributed by atoms with E-state index in [1.165, 1.54) is 36.6 Å². The van der Waals surface area contributed by atoms with Crippen LogP contribution in [0.25, 0.3) is 0 Å². The SMILES string of the molecule is COC(=O)Cc1ccc(C(=O)c2cc(F)ccc2Br)s1. The van der Waals surface area contributed by atoms with Gasteiger partial charge in [-0.1, -0.05) is 15.9 Å². The van der Waals surface area contributed by atoms with Crippen molar-refractivity contribution in [2.24, 2.45) is 0 Å². The number of carbonyl (C=O) groups is 2. The van der Waals surface area contributed by atoms with Gasteiger partial charge in [-0.25, -0.2) is 4.39 Å². The van der Waals surface area contributed by atoms with Crippen molar-refractivity contribution < 1.29 is 18.7 Å². The Bertz CT molecular complexity index is 666. The van der Waals surface area contributed by atoms with Crippen LogP contribution in [0.2, 0.25) is 0 Å². The highest BCUT2D eigenvalue weighted by Crippen LogP contribution is 2.25. The van der Waals surface area contributed by atoms with Crippen molar-refractivity contribution in [1.82, 2.24) is 0 Å². The van der Waals surface area contributed by atoms with Gasteiger partial charge < -0.3 is 4.74 Å². The first kappa shape index (κ1) is 14.9. The number of ketones is 1. The zero-order chi connectivity index (χ0) is 14.7. The van der Waals surface area contributed by atoms with Crippen molar-refractivity contribution in [2.45, 2.75) is 6.42 Å². The number of benzene rings is 1. The van der Waals surface area contributed by atoms with Crippen LogP contribution in [0.1, 0.15) is 20.1 Å². The average Bonchev–Trinajstić information content (AvgIpc) is 2.89. The lowest BCUT2D eigenvalue weighted by Crippen LogP contribution is -2.02. The van der Waals surface area contributed by atoms with Crippen LogP contribution in [0.15, 0.2) is 34.8 Å². The molecule has 0 amide bonds. The Morgan fingerprint density at radius 3 is 2.75 bits per heavy atom. The highest BCUT2D eigenvalue weighted by molar-refractivity contribution is 9.10. The second-order valence-electron chi connectivity index (χ2n) is 3.97. The number of hydrogen-bond acceptors (Lipinski definition) is 4. The lowest BCUT2D eigenvalue weighted by Gasteiger charge is -2.01. The molecule has 0 bridgehead atoms. The van der Waals surface area contributed by atoms with E-state index in [0.29, 0.717) is 9.35 Å². The summed E-state index contributed by atoms with van der Waals surface area (Å²) in [6.45, 7) is 0. The van der Waals surface area contributed by atoms with Gasteiger partial charge in [0.2, 0.25) is 5.78 Å². The van der Waals surface area contributed by atoms with E-state index in [-0.39, 0.29) is 23.7 Å². The lowest BCUT2D eigenvalue weighted by molar-refractivity contribution is -0.139. The molecule has 0 unspecified atom stereocenters. The van der Waals surface area contributed by atoms with Crippen LogP contribution in [0.4, 0.5) is 4.39 Å². The molecule has 2 aromatic rings. The van der Waals surface area contributed by atoms with Gasteiger partial charge in [0, 0.05) is 14.9 Å². The quantitative estimate of drug-likeness (QED) is 0.620. The molecule has 1 heterocycles. The van der Waals surface area contributed by atoms with Crippen molar-refractivity contribution in [2.75, 3.05) is 7.11 Å². The first-order valence-corrected chi connectivity index (χ1v) is 7.27. The predicted molar refractivity (Wildman–Crippen MR) is 77.6 cm³/mol. The highest BCUT2D eigenvalue weighted by atomic mass is 79.9. The zero-order valence-electron chi connectivity index (χ0n) is 10.5. The minimum atomic E-state index is -0.470. The molecule has 104 valence electrons. The van der Waals surface area contributed by atoms with Crippen LogP contribution < -0.4 is 0 Å². The molecule has 20 heavy (non-hydrogen) atoms. The van der Waals surface area contributed by atoms with Gasteiger partial charge in [0.05, 0.1) is 18.4 Å². The van der Waals surface area contributed by atoms with E-state index in [1.807, 2.05) is 0 Å². The first-order valence-electron chi connectivity index (χ1n) is 5.66. The van der Waals surface area contributed by atoms with Crippen molar-refractivity contribution >= 4 is 39.0 Å². The number of halogens is 2. The first-order chi connectivity index (χ1) is 9.51. The summed E-state index contributed by atoms with van der Waals surface area (Å²) in [5.74, 6) is -1.11. The number of esters is 1. The molecule has 1 aromatic heterocycles. The Hall–Kier alpha value is -1.53. The Labute approximate surface area is 127 Å². The average molecular weight is 357 g/mol. The summed E-state index contributed by atoms with van der Waals surface area (Å²) in [5, 5.41) is 0. The molecule has 0 aliphatic heterocycles. The number of carbonyl (C=O) groups excluding carboxylic acids is 2. The summed E-state index contributed by atoms with van der Waals surface area (Å²) >= 11 is 4.43. The van der Waals surface area contributed by atoms with Crippen LogP contribution >= 0.6 is 27.3 Å². The fourth-order valence-electron chi connectivity index (χ4n) is 1.61. The van der Waals surface area contributed by atoms with E-state index in [2.05, 4.69) is 20.7 Å². The maximum atomic E-state index is 13.2. The largest absolute Gasteiger partial charge is 0.469 e. The fraction of sp³-hybridized carbons (Fsp3) is 0.143. The van der Waals surface area contributed by atoms with Gasteiger partial charge >= 0.3 is 5.97 Å². The summed E-state index contributed by atoms with van der Waals surface area (Å²) < 4.78 is 18.3. The molecule has 0 fully saturated rings. The topological polar surface area (TPSA) is 43.4 Å². The van der Waals surface area contributed by atoms with Crippen LogP contribution in [-0.4, -0.2) is 18.9 Å². The summed E-state index contributed by atoms with van der Waals surface area (Å²) in [7, 11) is 1.31. The highest BCUT2D eigenvalue weighted by Gasteiger charge is 2.16. The molecule has 0 saturated carbocycles. The maximum absolute atomic E-state index is 13.2. The summed E-state index contributed by atoms with van der Waals surface area (Å²) in [4.78, 5) is 24.6. The summed E-state index contributed by atoms with van der Waals surface area (Å²) in [5.41, 5.74) is 0.261.